The fourth-order valence-corrected chi connectivity index (χ4v) is 2.52. The Labute approximate surface area is 132 Å². The largest absolute Gasteiger partial charge is 0.340 e. The van der Waals surface area contributed by atoms with E-state index in [9.17, 15) is 0 Å². The van der Waals surface area contributed by atoms with Gasteiger partial charge in [-0.1, -0.05) is 30.7 Å². The first-order valence-electron chi connectivity index (χ1n) is 6.64. The van der Waals surface area contributed by atoms with Gasteiger partial charge in [0.25, 0.3) is 0 Å². The number of halogens is 2. The Morgan fingerprint density at radius 1 is 1.05 bits per heavy atom. The van der Waals surface area contributed by atoms with Crippen LogP contribution in [0.2, 0.25) is 10.3 Å². The molecule has 0 saturated carbocycles. The summed E-state index contributed by atoms with van der Waals surface area (Å²) in [6, 6.07) is 13.6. The minimum atomic E-state index is 0.207. The average Bonchev–Trinajstić information content (AvgIpc) is 2.48. The van der Waals surface area contributed by atoms with Crippen molar-refractivity contribution in [3.63, 3.8) is 0 Å². The molecule has 1 N–H and O–H groups in total. The van der Waals surface area contributed by atoms with Crippen molar-refractivity contribution in [1.29, 1.82) is 0 Å². The third kappa shape index (κ3) is 3.09. The first-order chi connectivity index (χ1) is 10.2. The quantitative estimate of drug-likeness (QED) is 0.671. The highest BCUT2D eigenvalue weighted by molar-refractivity contribution is 6.31. The van der Waals surface area contributed by atoms with E-state index in [1.54, 1.807) is 6.07 Å². The summed E-state index contributed by atoms with van der Waals surface area (Å²) < 4.78 is 0. The molecule has 21 heavy (non-hydrogen) atoms. The molecule has 0 spiro atoms. The van der Waals surface area contributed by atoms with Gasteiger partial charge in [-0.3, -0.25) is 0 Å². The Morgan fingerprint density at radius 2 is 1.90 bits per heavy atom. The van der Waals surface area contributed by atoms with Crippen molar-refractivity contribution in [2.45, 2.75) is 13.3 Å². The number of rotatable bonds is 3. The van der Waals surface area contributed by atoms with Gasteiger partial charge in [0, 0.05) is 16.1 Å². The zero-order valence-electron chi connectivity index (χ0n) is 11.4. The second kappa shape index (κ2) is 5.88. The van der Waals surface area contributed by atoms with Crippen LogP contribution in [-0.2, 0) is 6.42 Å². The van der Waals surface area contributed by atoms with E-state index < -0.39 is 0 Å². The topological polar surface area (TPSA) is 37.8 Å². The molecule has 1 aromatic heterocycles. The molecular formula is C16H13Cl2N3. The molecule has 0 fully saturated rings. The second-order valence-electron chi connectivity index (χ2n) is 4.68. The summed E-state index contributed by atoms with van der Waals surface area (Å²) in [5.74, 6) is 0.653. The Bertz CT molecular complexity index is 803. The molecule has 2 aromatic carbocycles. The van der Waals surface area contributed by atoms with Gasteiger partial charge in [0.15, 0.2) is 0 Å². The summed E-state index contributed by atoms with van der Waals surface area (Å²) in [4.78, 5) is 8.49. The van der Waals surface area contributed by atoms with Crippen LogP contribution in [0.25, 0.3) is 10.9 Å². The molecule has 0 unspecified atom stereocenters. The number of hydrogen-bond acceptors (Lipinski definition) is 3. The highest BCUT2D eigenvalue weighted by atomic mass is 35.5. The number of fused-ring (bicyclic) bond motifs is 1. The van der Waals surface area contributed by atoms with Gasteiger partial charge < -0.3 is 5.32 Å². The second-order valence-corrected chi connectivity index (χ2v) is 5.46. The summed E-state index contributed by atoms with van der Waals surface area (Å²) in [7, 11) is 0. The van der Waals surface area contributed by atoms with E-state index in [0.717, 1.165) is 23.0 Å². The van der Waals surface area contributed by atoms with E-state index >= 15 is 0 Å². The fourth-order valence-electron chi connectivity index (χ4n) is 2.17. The maximum absolute atomic E-state index is 6.06. The number of benzene rings is 2. The minimum absolute atomic E-state index is 0.207. The number of nitrogens with zero attached hydrogens (tertiary/aromatic N) is 2. The summed E-state index contributed by atoms with van der Waals surface area (Å²) in [6.45, 7) is 2.12. The van der Waals surface area contributed by atoms with E-state index in [1.165, 1.54) is 5.56 Å². The molecule has 3 rings (SSSR count). The van der Waals surface area contributed by atoms with Crippen molar-refractivity contribution in [2.24, 2.45) is 0 Å². The van der Waals surface area contributed by atoms with Crippen molar-refractivity contribution < 1.29 is 0 Å². The Kier molecular flexibility index (Phi) is 3.95. The van der Waals surface area contributed by atoms with E-state index in [0.29, 0.717) is 10.8 Å². The molecule has 3 nitrogen and oxygen atoms in total. The van der Waals surface area contributed by atoms with Gasteiger partial charge >= 0.3 is 0 Å². The van der Waals surface area contributed by atoms with E-state index in [-0.39, 0.29) is 5.28 Å². The maximum atomic E-state index is 6.06. The lowest BCUT2D eigenvalue weighted by Crippen LogP contribution is -1.98. The predicted molar refractivity (Wildman–Crippen MR) is 88.7 cm³/mol. The molecule has 5 heteroatoms. The normalized spacial score (nSPS) is 10.8. The van der Waals surface area contributed by atoms with Crippen LogP contribution in [0.3, 0.4) is 0 Å². The Hall–Kier alpha value is -1.84. The van der Waals surface area contributed by atoms with Crippen LogP contribution < -0.4 is 5.32 Å². The average molecular weight is 318 g/mol. The van der Waals surface area contributed by atoms with E-state index in [1.807, 2.05) is 24.3 Å². The lowest BCUT2D eigenvalue weighted by molar-refractivity contribution is 1.14. The van der Waals surface area contributed by atoms with Gasteiger partial charge in [0.1, 0.15) is 5.82 Å². The maximum Gasteiger partial charge on any atom is 0.224 e. The van der Waals surface area contributed by atoms with Crippen molar-refractivity contribution in [3.05, 3.63) is 58.3 Å². The van der Waals surface area contributed by atoms with Crippen molar-refractivity contribution in [2.75, 3.05) is 5.32 Å². The molecule has 106 valence electrons. The summed E-state index contributed by atoms with van der Waals surface area (Å²) in [5, 5.41) is 4.98. The van der Waals surface area contributed by atoms with Gasteiger partial charge in [-0.2, -0.15) is 4.98 Å². The number of anilines is 2. The van der Waals surface area contributed by atoms with Gasteiger partial charge in [-0.05, 0) is 53.9 Å². The third-order valence-corrected chi connectivity index (χ3v) is 3.63. The highest BCUT2D eigenvalue weighted by Crippen LogP contribution is 2.28. The molecule has 0 aliphatic heterocycles. The molecule has 0 atom stereocenters. The zero-order chi connectivity index (χ0) is 14.8. The molecular weight excluding hydrogens is 305 g/mol. The Morgan fingerprint density at radius 3 is 2.71 bits per heavy atom. The van der Waals surface area contributed by atoms with Crippen LogP contribution in [0, 0.1) is 0 Å². The molecule has 0 aliphatic carbocycles. The van der Waals surface area contributed by atoms with E-state index in [2.05, 4.69) is 34.3 Å². The molecule has 0 amide bonds. The van der Waals surface area contributed by atoms with Crippen molar-refractivity contribution >= 4 is 45.6 Å². The number of aromatic nitrogens is 2. The fraction of sp³-hybridized carbons (Fsp3) is 0.125. The van der Waals surface area contributed by atoms with Crippen LogP contribution in [0.15, 0.2) is 42.5 Å². The minimum Gasteiger partial charge on any atom is -0.340 e. The van der Waals surface area contributed by atoms with Crippen molar-refractivity contribution in [3.8, 4) is 0 Å². The molecule has 3 aromatic rings. The third-order valence-electron chi connectivity index (χ3n) is 3.23. The van der Waals surface area contributed by atoms with Crippen LogP contribution >= 0.6 is 23.2 Å². The monoisotopic (exact) mass is 317 g/mol. The van der Waals surface area contributed by atoms with Gasteiger partial charge in [0.2, 0.25) is 5.28 Å². The predicted octanol–water partition coefficient (Wildman–Crippen LogP) is 5.24. The molecule has 0 aliphatic rings. The molecule has 0 saturated heterocycles. The first-order valence-corrected chi connectivity index (χ1v) is 7.40. The van der Waals surface area contributed by atoms with Crippen LogP contribution in [-0.4, -0.2) is 9.97 Å². The van der Waals surface area contributed by atoms with Crippen LogP contribution in [0.5, 0.6) is 0 Å². The summed E-state index contributed by atoms with van der Waals surface area (Å²) in [5.41, 5.74) is 2.97. The molecule has 0 radical (unpaired) electrons. The molecule has 0 bridgehead atoms. The zero-order valence-corrected chi connectivity index (χ0v) is 12.9. The SMILES string of the molecule is CCc1cccc(Nc2nc(Cl)nc3ccc(Cl)cc23)c1. The van der Waals surface area contributed by atoms with Gasteiger partial charge in [0.05, 0.1) is 5.52 Å². The summed E-state index contributed by atoms with van der Waals surface area (Å²) >= 11 is 12.1. The molecule has 1 heterocycles. The number of hydrogen-bond donors (Lipinski definition) is 1. The Balaban J connectivity index is 2.08. The van der Waals surface area contributed by atoms with Gasteiger partial charge in [-0.25, -0.2) is 4.98 Å². The lowest BCUT2D eigenvalue weighted by Gasteiger charge is -2.10. The number of aryl methyl sites for hydroxylation is 1. The first kappa shape index (κ1) is 14.1. The highest BCUT2D eigenvalue weighted by Gasteiger charge is 2.08. The standard InChI is InChI=1S/C16H13Cl2N3/c1-2-10-4-3-5-12(8-10)19-15-13-9-11(17)6-7-14(13)20-16(18)21-15/h3-9H,2H2,1H3,(H,19,20,21). The summed E-state index contributed by atoms with van der Waals surface area (Å²) in [6.07, 6.45) is 0.979. The smallest absolute Gasteiger partial charge is 0.224 e. The van der Waals surface area contributed by atoms with Crippen molar-refractivity contribution in [1.82, 2.24) is 9.97 Å². The lowest BCUT2D eigenvalue weighted by atomic mass is 10.1. The van der Waals surface area contributed by atoms with Crippen LogP contribution in [0.1, 0.15) is 12.5 Å². The number of nitrogens with one attached hydrogen (secondary N) is 1. The van der Waals surface area contributed by atoms with Crippen LogP contribution in [0.4, 0.5) is 11.5 Å². The van der Waals surface area contributed by atoms with E-state index in [4.69, 9.17) is 23.2 Å². The van der Waals surface area contributed by atoms with Gasteiger partial charge in [-0.15, -0.1) is 0 Å².